The summed E-state index contributed by atoms with van der Waals surface area (Å²) in [6.07, 6.45) is 7.60. The molecule has 2 aliphatic heterocycles. The number of carbonyl (C=O) groups is 2. The highest BCUT2D eigenvalue weighted by atomic mass is 16.5. The van der Waals surface area contributed by atoms with E-state index in [0.717, 1.165) is 39.0 Å². The molecule has 25 heavy (non-hydrogen) atoms. The number of rotatable bonds is 5. The van der Waals surface area contributed by atoms with E-state index in [9.17, 15) is 9.59 Å². The fourth-order valence-corrected chi connectivity index (χ4v) is 4.26. The number of aromatic nitrogens is 2. The van der Waals surface area contributed by atoms with Crippen LogP contribution in [-0.4, -0.2) is 52.3 Å². The van der Waals surface area contributed by atoms with Gasteiger partial charge in [0.25, 0.3) is 0 Å². The maximum absolute atomic E-state index is 12.7. The van der Waals surface area contributed by atoms with E-state index in [2.05, 4.69) is 10.4 Å². The van der Waals surface area contributed by atoms with Crippen LogP contribution in [0.15, 0.2) is 12.3 Å². The summed E-state index contributed by atoms with van der Waals surface area (Å²) in [5, 5.41) is 7.30. The van der Waals surface area contributed by atoms with Gasteiger partial charge >= 0.3 is 0 Å². The molecule has 0 radical (unpaired) electrons. The standard InChI is InChI=1S/C18H26N4O3/c23-17-9-14(11-21(17)15-3-1-2-4-15)18(24)20-16-5-7-19-22(16)10-13-6-8-25-12-13/h5,7,13-15H,1-4,6,8-12H2,(H,20,24). The minimum Gasteiger partial charge on any atom is -0.381 e. The van der Waals surface area contributed by atoms with Crippen molar-refractivity contribution < 1.29 is 14.3 Å². The molecule has 4 rings (SSSR count). The minimum absolute atomic E-state index is 0.0710. The predicted molar refractivity (Wildman–Crippen MR) is 91.9 cm³/mol. The molecule has 1 aromatic heterocycles. The van der Waals surface area contributed by atoms with Crippen LogP contribution in [-0.2, 0) is 20.9 Å². The lowest BCUT2D eigenvalue weighted by atomic mass is 10.1. The fraction of sp³-hybridized carbons (Fsp3) is 0.722. The Balaban J connectivity index is 1.36. The lowest BCUT2D eigenvalue weighted by molar-refractivity contribution is -0.129. The molecule has 1 saturated carbocycles. The van der Waals surface area contributed by atoms with E-state index in [4.69, 9.17) is 4.74 Å². The van der Waals surface area contributed by atoms with Crippen molar-refractivity contribution in [3.8, 4) is 0 Å². The third kappa shape index (κ3) is 3.56. The van der Waals surface area contributed by atoms with Crippen LogP contribution >= 0.6 is 0 Å². The van der Waals surface area contributed by atoms with Crippen molar-refractivity contribution in [2.75, 3.05) is 25.1 Å². The van der Waals surface area contributed by atoms with Crippen LogP contribution in [0.3, 0.4) is 0 Å². The summed E-state index contributed by atoms with van der Waals surface area (Å²) in [6, 6.07) is 2.16. The monoisotopic (exact) mass is 346 g/mol. The number of likely N-dealkylation sites (tertiary alicyclic amines) is 1. The first-order valence-corrected chi connectivity index (χ1v) is 9.40. The summed E-state index contributed by atoms with van der Waals surface area (Å²) >= 11 is 0. The van der Waals surface area contributed by atoms with Crippen LogP contribution in [0.1, 0.15) is 38.5 Å². The smallest absolute Gasteiger partial charge is 0.230 e. The van der Waals surface area contributed by atoms with E-state index < -0.39 is 0 Å². The van der Waals surface area contributed by atoms with Gasteiger partial charge in [-0.15, -0.1) is 0 Å². The molecule has 1 aliphatic carbocycles. The highest BCUT2D eigenvalue weighted by molar-refractivity contribution is 5.96. The first-order valence-electron chi connectivity index (χ1n) is 9.40. The Labute approximate surface area is 147 Å². The van der Waals surface area contributed by atoms with Gasteiger partial charge in [-0.25, -0.2) is 4.68 Å². The first-order chi connectivity index (χ1) is 12.2. The predicted octanol–water partition coefficient (Wildman–Crippen LogP) is 1.65. The van der Waals surface area contributed by atoms with Crippen LogP contribution in [0.25, 0.3) is 0 Å². The summed E-state index contributed by atoms with van der Waals surface area (Å²) in [4.78, 5) is 26.9. The highest BCUT2D eigenvalue weighted by Crippen LogP contribution is 2.30. The van der Waals surface area contributed by atoms with Gasteiger partial charge in [-0.05, 0) is 19.3 Å². The third-order valence-electron chi connectivity index (χ3n) is 5.72. The topological polar surface area (TPSA) is 76.5 Å². The lowest BCUT2D eigenvalue weighted by Crippen LogP contribution is -2.35. The maximum atomic E-state index is 12.7. The molecule has 3 heterocycles. The summed E-state index contributed by atoms with van der Waals surface area (Å²) < 4.78 is 7.25. The molecule has 1 aromatic rings. The fourth-order valence-electron chi connectivity index (χ4n) is 4.26. The number of nitrogens with zero attached hydrogens (tertiary/aromatic N) is 3. The zero-order valence-corrected chi connectivity index (χ0v) is 14.5. The molecule has 136 valence electrons. The van der Waals surface area contributed by atoms with E-state index in [-0.39, 0.29) is 17.7 Å². The van der Waals surface area contributed by atoms with E-state index in [0.29, 0.717) is 30.7 Å². The molecular weight excluding hydrogens is 320 g/mol. The first kappa shape index (κ1) is 16.6. The zero-order valence-electron chi connectivity index (χ0n) is 14.5. The van der Waals surface area contributed by atoms with E-state index in [1.807, 2.05) is 15.6 Å². The number of ether oxygens (including phenoxy) is 1. The van der Waals surface area contributed by atoms with Gasteiger partial charge in [0.05, 0.1) is 18.7 Å². The quantitative estimate of drug-likeness (QED) is 0.879. The van der Waals surface area contributed by atoms with Gasteiger partial charge in [-0.1, -0.05) is 12.8 Å². The molecule has 3 fully saturated rings. The number of nitrogens with one attached hydrogen (secondary N) is 1. The second-order valence-corrected chi connectivity index (χ2v) is 7.50. The average Bonchev–Trinajstić information content (AvgIpc) is 3.35. The Morgan fingerprint density at radius 3 is 2.92 bits per heavy atom. The van der Waals surface area contributed by atoms with Gasteiger partial charge in [0.2, 0.25) is 11.8 Å². The number of anilines is 1. The molecule has 2 atom stereocenters. The molecule has 2 saturated heterocycles. The molecule has 7 nitrogen and oxygen atoms in total. The Kier molecular flexibility index (Phi) is 4.74. The molecule has 3 aliphatic rings. The van der Waals surface area contributed by atoms with E-state index >= 15 is 0 Å². The molecule has 1 N–H and O–H groups in total. The average molecular weight is 346 g/mol. The van der Waals surface area contributed by atoms with Gasteiger partial charge < -0.3 is 15.0 Å². The minimum atomic E-state index is -0.258. The summed E-state index contributed by atoms with van der Waals surface area (Å²) in [5.74, 6) is 0.957. The Hall–Kier alpha value is -1.89. The van der Waals surface area contributed by atoms with Crippen molar-refractivity contribution in [2.45, 2.75) is 51.1 Å². The molecule has 0 spiro atoms. The number of hydrogen-bond acceptors (Lipinski definition) is 4. The van der Waals surface area contributed by atoms with Gasteiger partial charge in [-0.2, -0.15) is 5.10 Å². The molecule has 0 aromatic carbocycles. The Morgan fingerprint density at radius 1 is 1.32 bits per heavy atom. The van der Waals surface area contributed by atoms with Crippen LogP contribution < -0.4 is 5.32 Å². The third-order valence-corrected chi connectivity index (χ3v) is 5.72. The van der Waals surface area contributed by atoms with Crippen LogP contribution in [0.5, 0.6) is 0 Å². The van der Waals surface area contributed by atoms with Gasteiger partial charge in [0.1, 0.15) is 5.82 Å². The molecule has 2 unspecified atom stereocenters. The van der Waals surface area contributed by atoms with Crippen molar-refractivity contribution in [2.24, 2.45) is 11.8 Å². The van der Waals surface area contributed by atoms with Crippen molar-refractivity contribution in [3.05, 3.63) is 12.3 Å². The second kappa shape index (κ2) is 7.15. The molecule has 0 bridgehead atoms. The van der Waals surface area contributed by atoms with Gasteiger partial charge in [-0.3, -0.25) is 9.59 Å². The van der Waals surface area contributed by atoms with Gasteiger partial charge in [0.15, 0.2) is 0 Å². The normalized spacial score (nSPS) is 27.4. The van der Waals surface area contributed by atoms with Crippen molar-refractivity contribution in [3.63, 3.8) is 0 Å². The highest BCUT2D eigenvalue weighted by Gasteiger charge is 2.38. The van der Waals surface area contributed by atoms with E-state index in [1.54, 1.807) is 6.20 Å². The van der Waals surface area contributed by atoms with Crippen LogP contribution in [0.2, 0.25) is 0 Å². The summed E-state index contributed by atoms with van der Waals surface area (Å²) in [5.41, 5.74) is 0. The van der Waals surface area contributed by atoms with Crippen molar-refractivity contribution in [1.29, 1.82) is 0 Å². The number of carbonyl (C=O) groups excluding carboxylic acids is 2. The molecule has 2 amide bonds. The van der Waals surface area contributed by atoms with E-state index in [1.165, 1.54) is 12.8 Å². The SMILES string of the molecule is O=C(Nc1ccnn1CC1CCOC1)C1CC(=O)N(C2CCCC2)C1. The lowest BCUT2D eigenvalue weighted by Gasteiger charge is -2.23. The molecular formula is C18H26N4O3. The largest absolute Gasteiger partial charge is 0.381 e. The number of amides is 2. The van der Waals surface area contributed by atoms with Gasteiger partial charge in [0, 0.05) is 44.1 Å². The number of hydrogen-bond donors (Lipinski definition) is 1. The summed E-state index contributed by atoms with van der Waals surface area (Å²) in [7, 11) is 0. The molecule has 7 heteroatoms. The van der Waals surface area contributed by atoms with Crippen LogP contribution in [0, 0.1) is 11.8 Å². The summed E-state index contributed by atoms with van der Waals surface area (Å²) in [6.45, 7) is 2.86. The second-order valence-electron chi connectivity index (χ2n) is 7.50. The maximum Gasteiger partial charge on any atom is 0.230 e. The Morgan fingerprint density at radius 2 is 2.16 bits per heavy atom. The van der Waals surface area contributed by atoms with Crippen molar-refractivity contribution >= 4 is 17.6 Å². The van der Waals surface area contributed by atoms with Crippen LogP contribution in [0.4, 0.5) is 5.82 Å². The van der Waals surface area contributed by atoms with Crippen molar-refractivity contribution in [1.82, 2.24) is 14.7 Å². The Bertz CT molecular complexity index is 632. The zero-order chi connectivity index (χ0) is 17.2.